The van der Waals surface area contributed by atoms with Crippen LogP contribution in [0.15, 0.2) is 35.3 Å². The molecular formula is C23H29N5O3. The number of rotatable bonds is 4. The van der Waals surface area contributed by atoms with E-state index in [4.69, 9.17) is 0 Å². The highest BCUT2D eigenvalue weighted by molar-refractivity contribution is 5.94. The fourth-order valence-electron chi connectivity index (χ4n) is 4.39. The molecule has 2 aliphatic rings. The number of nitrogens with zero attached hydrogens (tertiary/aromatic N) is 5. The number of aromatic nitrogens is 3. The zero-order valence-corrected chi connectivity index (χ0v) is 18.0. The molecule has 164 valence electrons. The molecule has 2 saturated heterocycles. The summed E-state index contributed by atoms with van der Waals surface area (Å²) in [6.07, 6.45) is 6.80. The van der Waals surface area contributed by atoms with Crippen molar-refractivity contribution < 1.29 is 9.59 Å². The van der Waals surface area contributed by atoms with E-state index in [-0.39, 0.29) is 29.8 Å². The topological polar surface area (TPSA) is 88.4 Å². The first-order valence-corrected chi connectivity index (χ1v) is 11.1. The Hall–Kier alpha value is -3.03. The predicted molar refractivity (Wildman–Crippen MR) is 116 cm³/mol. The Bertz CT molecular complexity index is 995. The Labute approximate surface area is 181 Å². The molecule has 0 saturated carbocycles. The van der Waals surface area contributed by atoms with Gasteiger partial charge in [-0.2, -0.15) is 5.10 Å². The van der Waals surface area contributed by atoms with Gasteiger partial charge in [0, 0.05) is 50.1 Å². The van der Waals surface area contributed by atoms with Gasteiger partial charge in [0.25, 0.3) is 11.5 Å². The van der Waals surface area contributed by atoms with Crippen molar-refractivity contribution in [2.24, 2.45) is 0 Å². The van der Waals surface area contributed by atoms with Gasteiger partial charge in [0.05, 0.1) is 11.3 Å². The summed E-state index contributed by atoms with van der Waals surface area (Å²) in [5.41, 5.74) is 1.95. The smallest absolute Gasteiger partial charge is 0.267 e. The van der Waals surface area contributed by atoms with E-state index in [2.05, 4.69) is 10.1 Å². The minimum atomic E-state index is -0.275. The number of carbonyl (C=O) groups excluding carboxylic acids is 2. The number of likely N-dealkylation sites (tertiary alicyclic amines) is 2. The second-order valence-electron chi connectivity index (χ2n) is 8.47. The van der Waals surface area contributed by atoms with Crippen LogP contribution in [0.3, 0.4) is 0 Å². The Morgan fingerprint density at radius 3 is 2.52 bits per heavy atom. The molecular weight excluding hydrogens is 394 g/mol. The van der Waals surface area contributed by atoms with E-state index in [9.17, 15) is 14.4 Å². The lowest BCUT2D eigenvalue weighted by Gasteiger charge is -2.32. The first-order valence-electron chi connectivity index (χ1n) is 11.1. The third-order valence-electron chi connectivity index (χ3n) is 6.15. The van der Waals surface area contributed by atoms with Crippen LogP contribution >= 0.6 is 0 Å². The number of hydrogen-bond acceptors (Lipinski definition) is 5. The Morgan fingerprint density at radius 1 is 1.00 bits per heavy atom. The van der Waals surface area contributed by atoms with E-state index in [1.807, 2.05) is 17.0 Å². The molecule has 2 aromatic heterocycles. The second kappa shape index (κ2) is 9.41. The first kappa shape index (κ1) is 21.2. The Balaban J connectivity index is 1.40. The summed E-state index contributed by atoms with van der Waals surface area (Å²) < 4.78 is 1.22. The number of hydrogen-bond donors (Lipinski definition) is 0. The Kier molecular flexibility index (Phi) is 6.44. The zero-order valence-electron chi connectivity index (χ0n) is 18.0. The summed E-state index contributed by atoms with van der Waals surface area (Å²) in [5, 5.41) is 4.16. The molecule has 8 heteroatoms. The molecule has 0 aliphatic carbocycles. The lowest BCUT2D eigenvalue weighted by atomic mass is 9.94. The molecule has 0 N–H and O–H groups in total. The van der Waals surface area contributed by atoms with Gasteiger partial charge in [0.1, 0.15) is 6.54 Å². The van der Waals surface area contributed by atoms with Gasteiger partial charge >= 0.3 is 0 Å². The molecule has 0 spiro atoms. The lowest BCUT2D eigenvalue weighted by molar-refractivity contribution is -0.133. The van der Waals surface area contributed by atoms with E-state index < -0.39 is 0 Å². The minimum absolute atomic E-state index is 0.0512. The molecule has 31 heavy (non-hydrogen) atoms. The highest BCUT2D eigenvalue weighted by Gasteiger charge is 2.26. The largest absolute Gasteiger partial charge is 0.340 e. The maximum absolute atomic E-state index is 12.8. The normalized spacial score (nSPS) is 19.3. The molecule has 4 rings (SSSR count). The summed E-state index contributed by atoms with van der Waals surface area (Å²) in [7, 11) is 0. The average molecular weight is 424 g/mol. The van der Waals surface area contributed by atoms with Crippen LogP contribution in [-0.4, -0.2) is 62.6 Å². The molecule has 8 nitrogen and oxygen atoms in total. The SMILES string of the molecule is Cc1ccc(=O)n(CC(=O)N2CCCC(c3ccc(C(=O)N4CCCCC4)cn3)C2)n1. The number of amides is 2. The van der Waals surface area contributed by atoms with Gasteiger partial charge in [0.15, 0.2) is 0 Å². The molecule has 2 amide bonds. The molecule has 2 aliphatic heterocycles. The van der Waals surface area contributed by atoms with Gasteiger partial charge in [-0.1, -0.05) is 0 Å². The minimum Gasteiger partial charge on any atom is -0.340 e. The van der Waals surface area contributed by atoms with Crippen molar-refractivity contribution in [3.63, 3.8) is 0 Å². The van der Waals surface area contributed by atoms with Crippen molar-refractivity contribution in [2.75, 3.05) is 26.2 Å². The quantitative estimate of drug-likeness (QED) is 0.750. The van der Waals surface area contributed by atoms with Crippen LogP contribution in [0.4, 0.5) is 0 Å². The standard InChI is InChI=1S/C23H29N5O3/c1-17-7-10-21(29)28(25-17)16-22(30)27-13-5-6-19(15-27)20-9-8-18(14-24-20)23(31)26-11-3-2-4-12-26/h7-10,14,19H,2-6,11-13,15-16H2,1H3. The lowest BCUT2D eigenvalue weighted by Crippen LogP contribution is -2.42. The summed E-state index contributed by atoms with van der Waals surface area (Å²) in [6, 6.07) is 6.86. The molecule has 4 heterocycles. The van der Waals surface area contributed by atoms with E-state index in [0.29, 0.717) is 24.3 Å². The van der Waals surface area contributed by atoms with Gasteiger partial charge in [0.2, 0.25) is 5.91 Å². The van der Waals surface area contributed by atoms with Crippen molar-refractivity contribution in [1.82, 2.24) is 24.6 Å². The third kappa shape index (κ3) is 5.00. The summed E-state index contributed by atoms with van der Waals surface area (Å²) in [4.78, 5) is 45.7. The number of piperidine rings is 2. The van der Waals surface area contributed by atoms with Crippen molar-refractivity contribution in [3.8, 4) is 0 Å². The van der Waals surface area contributed by atoms with Crippen LogP contribution in [-0.2, 0) is 11.3 Å². The van der Waals surface area contributed by atoms with Crippen LogP contribution in [0, 0.1) is 6.92 Å². The van der Waals surface area contributed by atoms with Gasteiger partial charge in [-0.15, -0.1) is 0 Å². The second-order valence-corrected chi connectivity index (χ2v) is 8.47. The van der Waals surface area contributed by atoms with Crippen LogP contribution in [0.5, 0.6) is 0 Å². The predicted octanol–water partition coefficient (Wildman–Crippen LogP) is 1.98. The highest BCUT2D eigenvalue weighted by atomic mass is 16.2. The van der Waals surface area contributed by atoms with E-state index in [0.717, 1.165) is 44.5 Å². The van der Waals surface area contributed by atoms with Crippen LogP contribution < -0.4 is 5.56 Å². The van der Waals surface area contributed by atoms with Crippen molar-refractivity contribution in [3.05, 3.63) is 57.8 Å². The molecule has 0 bridgehead atoms. The summed E-state index contributed by atoms with van der Waals surface area (Å²) in [5.74, 6) is 0.0659. The summed E-state index contributed by atoms with van der Waals surface area (Å²) in [6.45, 7) is 4.61. The molecule has 0 radical (unpaired) electrons. The number of carbonyl (C=O) groups is 2. The van der Waals surface area contributed by atoms with Crippen molar-refractivity contribution in [2.45, 2.75) is 51.5 Å². The van der Waals surface area contributed by atoms with Crippen molar-refractivity contribution >= 4 is 11.8 Å². The van der Waals surface area contributed by atoms with E-state index in [1.54, 1.807) is 24.1 Å². The number of aryl methyl sites for hydroxylation is 1. The van der Waals surface area contributed by atoms with Crippen LogP contribution in [0.1, 0.15) is 59.8 Å². The van der Waals surface area contributed by atoms with Gasteiger partial charge in [-0.25, -0.2) is 4.68 Å². The van der Waals surface area contributed by atoms with Crippen LogP contribution in [0.2, 0.25) is 0 Å². The monoisotopic (exact) mass is 423 g/mol. The fourth-order valence-corrected chi connectivity index (χ4v) is 4.39. The van der Waals surface area contributed by atoms with Gasteiger partial charge in [-0.3, -0.25) is 19.4 Å². The summed E-state index contributed by atoms with van der Waals surface area (Å²) >= 11 is 0. The molecule has 0 aromatic carbocycles. The Morgan fingerprint density at radius 2 is 1.77 bits per heavy atom. The number of pyridine rings is 1. The van der Waals surface area contributed by atoms with Gasteiger partial charge in [-0.05, 0) is 57.2 Å². The maximum atomic E-state index is 12.8. The first-order chi connectivity index (χ1) is 15.0. The van der Waals surface area contributed by atoms with Crippen molar-refractivity contribution in [1.29, 1.82) is 0 Å². The zero-order chi connectivity index (χ0) is 21.8. The van der Waals surface area contributed by atoms with E-state index >= 15 is 0 Å². The maximum Gasteiger partial charge on any atom is 0.267 e. The molecule has 1 unspecified atom stereocenters. The van der Waals surface area contributed by atoms with Gasteiger partial charge < -0.3 is 9.80 Å². The van der Waals surface area contributed by atoms with Crippen LogP contribution in [0.25, 0.3) is 0 Å². The van der Waals surface area contributed by atoms with E-state index in [1.165, 1.54) is 17.2 Å². The average Bonchev–Trinajstić information content (AvgIpc) is 2.81. The molecule has 2 fully saturated rings. The highest BCUT2D eigenvalue weighted by Crippen LogP contribution is 2.26. The molecule has 1 atom stereocenters. The third-order valence-corrected chi connectivity index (χ3v) is 6.15. The fraction of sp³-hybridized carbons (Fsp3) is 0.522. The molecule has 2 aromatic rings.